The summed E-state index contributed by atoms with van der Waals surface area (Å²) in [6.07, 6.45) is -1.21. The number of aliphatic hydroxyl groups is 1. The minimum absolute atomic E-state index is 0. The van der Waals surface area contributed by atoms with Crippen molar-refractivity contribution in [3.05, 3.63) is 102 Å². The standard InChI is InChI=1S/C27H15F3NS.C11H20O2.Ir/c1-15-3-2-4-16(13-15)25-21-8-10-22-18(19(21)11-12-31-25)7-9-23-20-6-5-17(27(28,29)30)14-24(20)32-26(22)23;1-10(2,3)8(12)7-9(13)11(4,5)6;/h2-3,5-14H,1H3;7,12H,1-6H3;/q-1;;/b;8-7-;. The van der Waals surface area contributed by atoms with E-state index in [0.29, 0.717) is 4.70 Å². The number of fused-ring (bicyclic) bond motifs is 7. The van der Waals surface area contributed by atoms with Crippen LogP contribution in [0.4, 0.5) is 13.2 Å². The number of hydrogen-bond acceptors (Lipinski definition) is 4. The van der Waals surface area contributed by atoms with Crippen molar-refractivity contribution in [3.8, 4) is 11.3 Å². The van der Waals surface area contributed by atoms with E-state index < -0.39 is 17.2 Å². The molecule has 2 aromatic heterocycles. The number of aromatic nitrogens is 1. The number of pyridine rings is 1. The van der Waals surface area contributed by atoms with Crippen LogP contribution in [-0.4, -0.2) is 15.9 Å². The summed E-state index contributed by atoms with van der Waals surface area (Å²) in [7, 11) is 0. The zero-order valence-corrected chi connectivity index (χ0v) is 29.9. The molecule has 2 heterocycles. The number of aryl methyl sites for hydroxylation is 1. The Morgan fingerprint density at radius 2 is 1.39 bits per heavy atom. The third kappa shape index (κ3) is 7.20. The van der Waals surface area contributed by atoms with E-state index in [0.717, 1.165) is 59.9 Å². The van der Waals surface area contributed by atoms with Gasteiger partial charge in [0.2, 0.25) is 0 Å². The van der Waals surface area contributed by atoms with E-state index >= 15 is 0 Å². The second-order valence-electron chi connectivity index (χ2n) is 13.3. The molecule has 0 bridgehead atoms. The van der Waals surface area contributed by atoms with Crippen LogP contribution in [0.25, 0.3) is 53.0 Å². The van der Waals surface area contributed by atoms with Crippen LogP contribution < -0.4 is 0 Å². The van der Waals surface area contributed by atoms with Gasteiger partial charge in [0.15, 0.2) is 5.78 Å². The number of thiophene rings is 1. The summed E-state index contributed by atoms with van der Waals surface area (Å²) in [6, 6.07) is 23.4. The first-order valence-electron chi connectivity index (χ1n) is 14.6. The van der Waals surface area contributed by atoms with Crippen molar-refractivity contribution in [2.75, 3.05) is 0 Å². The average molecular weight is 819 g/mol. The number of rotatable bonds is 2. The van der Waals surface area contributed by atoms with Gasteiger partial charge in [0.05, 0.1) is 5.56 Å². The molecule has 6 aromatic rings. The predicted octanol–water partition coefficient (Wildman–Crippen LogP) is 11.6. The summed E-state index contributed by atoms with van der Waals surface area (Å²) in [5.74, 6) is 0.104. The van der Waals surface area contributed by atoms with Gasteiger partial charge in [0, 0.05) is 68.8 Å². The minimum Gasteiger partial charge on any atom is -0.512 e. The normalized spacial score (nSPS) is 12.7. The number of carbonyl (C=O) groups is 1. The predicted molar refractivity (Wildman–Crippen MR) is 181 cm³/mol. The Morgan fingerprint density at radius 3 is 2.00 bits per heavy atom. The molecule has 0 aliphatic rings. The Bertz CT molecular complexity index is 2120. The summed E-state index contributed by atoms with van der Waals surface area (Å²) >= 11 is 1.41. The largest absolute Gasteiger partial charge is 0.512 e. The van der Waals surface area contributed by atoms with Crippen LogP contribution in [0.3, 0.4) is 0 Å². The van der Waals surface area contributed by atoms with Crippen molar-refractivity contribution in [3.63, 3.8) is 0 Å². The molecular weight excluding hydrogens is 784 g/mol. The number of allylic oxidation sites excluding steroid dienone is 2. The van der Waals surface area contributed by atoms with Crippen LogP contribution in [0.15, 0.2) is 84.8 Å². The van der Waals surface area contributed by atoms with E-state index in [4.69, 9.17) is 0 Å². The van der Waals surface area contributed by atoms with Crippen LogP contribution in [0.2, 0.25) is 0 Å². The minimum atomic E-state index is -4.35. The maximum Gasteiger partial charge on any atom is 0.416 e. The Morgan fingerprint density at radius 1 is 0.804 bits per heavy atom. The molecule has 4 aromatic carbocycles. The van der Waals surface area contributed by atoms with Crippen molar-refractivity contribution >= 4 is 58.8 Å². The molecule has 0 unspecified atom stereocenters. The van der Waals surface area contributed by atoms with E-state index in [2.05, 4.69) is 35.3 Å². The Balaban J connectivity index is 0.000000295. The van der Waals surface area contributed by atoms with Crippen molar-refractivity contribution in [1.29, 1.82) is 0 Å². The number of ketones is 1. The summed E-state index contributed by atoms with van der Waals surface area (Å²) in [5.41, 5.74) is 1.58. The molecule has 0 spiro atoms. The van der Waals surface area contributed by atoms with Gasteiger partial charge in [-0.2, -0.15) is 13.2 Å². The fourth-order valence-electron chi connectivity index (χ4n) is 4.97. The van der Waals surface area contributed by atoms with Crippen LogP contribution in [-0.2, 0) is 31.1 Å². The molecule has 46 heavy (non-hydrogen) atoms. The van der Waals surface area contributed by atoms with Gasteiger partial charge in [0.25, 0.3) is 0 Å². The second kappa shape index (κ2) is 12.9. The van der Waals surface area contributed by atoms with Crippen molar-refractivity contribution in [1.82, 2.24) is 4.98 Å². The van der Waals surface area contributed by atoms with Crippen LogP contribution in [0.5, 0.6) is 0 Å². The summed E-state index contributed by atoms with van der Waals surface area (Å²) in [6.45, 7) is 13.2. The van der Waals surface area contributed by atoms with Gasteiger partial charge in [-0.3, -0.25) is 4.79 Å². The third-order valence-corrected chi connectivity index (χ3v) is 8.89. The van der Waals surface area contributed by atoms with Gasteiger partial charge >= 0.3 is 6.18 Å². The maximum absolute atomic E-state index is 13.2. The van der Waals surface area contributed by atoms with E-state index in [-0.39, 0.29) is 37.1 Å². The fourth-order valence-corrected chi connectivity index (χ4v) is 6.24. The van der Waals surface area contributed by atoms with Gasteiger partial charge in [-0.1, -0.05) is 78.8 Å². The molecule has 0 saturated carbocycles. The maximum atomic E-state index is 13.2. The number of nitrogens with zero attached hydrogens (tertiary/aromatic N) is 1. The first-order chi connectivity index (χ1) is 20.9. The molecule has 0 atom stereocenters. The third-order valence-electron chi connectivity index (χ3n) is 7.69. The molecule has 0 amide bonds. The van der Waals surface area contributed by atoms with Crippen molar-refractivity contribution < 1.29 is 43.2 Å². The molecule has 1 N–H and O–H groups in total. The Hall–Kier alpha value is -3.58. The second-order valence-corrected chi connectivity index (χ2v) is 14.4. The molecule has 3 nitrogen and oxygen atoms in total. The Labute approximate surface area is 284 Å². The number of carbonyl (C=O) groups excluding carboxylic acids is 1. The monoisotopic (exact) mass is 819 g/mol. The SMILES string of the molecule is CC(C)(C)C(=O)/C=C(\O)C(C)(C)C.Cc1cc[c-]c(-c2nccc3c2ccc2c3ccc3c4ccc(C(F)(F)F)cc4sc32)c1.[Ir]. The smallest absolute Gasteiger partial charge is 0.416 e. The molecule has 8 heteroatoms. The molecular formula is C38H35F3IrNO2S-. The van der Waals surface area contributed by atoms with E-state index in [1.807, 2.05) is 72.7 Å². The van der Waals surface area contributed by atoms with Crippen LogP contribution in [0, 0.1) is 23.8 Å². The zero-order valence-electron chi connectivity index (χ0n) is 26.7. The first kappa shape index (κ1) is 35.3. The number of alkyl halides is 3. The van der Waals surface area contributed by atoms with E-state index in [1.165, 1.54) is 23.5 Å². The van der Waals surface area contributed by atoms with E-state index in [9.17, 15) is 23.1 Å². The van der Waals surface area contributed by atoms with Crippen LogP contribution >= 0.6 is 11.3 Å². The van der Waals surface area contributed by atoms with Gasteiger partial charge in [-0.05, 0) is 40.1 Å². The van der Waals surface area contributed by atoms with Crippen molar-refractivity contribution in [2.45, 2.75) is 54.6 Å². The molecule has 1 radical (unpaired) electrons. The quantitative estimate of drug-likeness (QED) is 0.0819. The first-order valence-corrected chi connectivity index (χ1v) is 15.4. The van der Waals surface area contributed by atoms with Gasteiger partial charge in [0.1, 0.15) is 5.76 Å². The molecule has 0 aliphatic heterocycles. The molecule has 0 aliphatic carbocycles. The Kier molecular flexibility index (Phi) is 9.89. The average Bonchev–Trinajstić information content (AvgIpc) is 3.34. The summed E-state index contributed by atoms with van der Waals surface area (Å²) in [4.78, 5) is 16.1. The number of hydrogen-bond donors (Lipinski definition) is 1. The molecule has 241 valence electrons. The fraction of sp³-hybridized carbons (Fsp3) is 0.263. The number of aliphatic hydroxyl groups excluding tert-OH is 1. The van der Waals surface area contributed by atoms with Crippen LogP contribution in [0.1, 0.15) is 52.7 Å². The summed E-state index contributed by atoms with van der Waals surface area (Å²) < 4.78 is 41.2. The van der Waals surface area contributed by atoms with Crippen molar-refractivity contribution in [2.24, 2.45) is 10.8 Å². The molecule has 6 rings (SSSR count). The van der Waals surface area contributed by atoms with Gasteiger partial charge in [-0.15, -0.1) is 46.7 Å². The molecule has 0 saturated heterocycles. The van der Waals surface area contributed by atoms with Gasteiger partial charge < -0.3 is 10.1 Å². The molecule has 0 fully saturated rings. The van der Waals surface area contributed by atoms with E-state index in [1.54, 1.807) is 12.3 Å². The number of halogens is 3. The zero-order chi connectivity index (χ0) is 32.9. The topological polar surface area (TPSA) is 50.2 Å². The number of benzene rings is 4. The van der Waals surface area contributed by atoms with Gasteiger partial charge in [-0.25, -0.2) is 0 Å². The summed E-state index contributed by atoms with van der Waals surface area (Å²) in [5, 5.41) is 15.6.